The van der Waals surface area contributed by atoms with Crippen molar-refractivity contribution >= 4 is 182 Å². The number of nitrogens with zero attached hydrogens (tertiary/aromatic N) is 2. The summed E-state index contributed by atoms with van der Waals surface area (Å²) in [5.41, 5.74) is 0.0279. The van der Waals surface area contributed by atoms with E-state index in [4.69, 9.17) is 0 Å². The Morgan fingerprint density at radius 2 is 0.855 bits per heavy atom. The lowest BCUT2D eigenvalue weighted by Crippen LogP contribution is -2.36. The van der Waals surface area contributed by atoms with Crippen LogP contribution >= 0.6 is 136 Å². The van der Waals surface area contributed by atoms with Crippen molar-refractivity contribution in [2.75, 3.05) is 77.3 Å². The molecule has 0 saturated heterocycles. The predicted molar refractivity (Wildman–Crippen MR) is 250 cm³/mol. The zero-order chi connectivity index (χ0) is 41.9. The van der Waals surface area contributed by atoms with Crippen molar-refractivity contribution in [2.45, 2.75) is 18.6 Å². The van der Waals surface area contributed by atoms with Gasteiger partial charge in [0, 0.05) is 47.4 Å². The van der Waals surface area contributed by atoms with Gasteiger partial charge in [0.05, 0.1) is 86.5 Å². The third-order valence-corrected chi connectivity index (χ3v) is 13.8. The third-order valence-electron chi connectivity index (χ3n) is 7.35. The van der Waals surface area contributed by atoms with Gasteiger partial charge in [0.25, 0.3) is 23.6 Å². The molecule has 0 radical (unpaired) electrons. The zero-order valence-corrected chi connectivity index (χ0v) is 41.8. The van der Waals surface area contributed by atoms with Crippen molar-refractivity contribution in [3.8, 4) is 0 Å². The molecule has 0 aliphatic rings. The molecule has 0 aromatic heterocycles. The molecule has 2 unspecified atom stereocenters. The standard InChI is InChI=1S/C31H36I6N6O12/c1-42(3-5-44)30(54)18-20(32)16(28(52)38-8-12(48)10-46)22(34)26(24(18)36)40-14(50)7-15(51)41-27-23(35)17(29(53)39-9-13(49)11-47)21(33)19(25(27)37)31(55)43(2)4-6-45/h12-13,44-49H,3-11H2,1-2H3,(H,38,52)(H,39,53)(H,40,50)(H,41,51). The maximum Gasteiger partial charge on any atom is 0.255 e. The first kappa shape index (κ1) is 50.5. The molecule has 6 amide bonds. The molecule has 0 bridgehead atoms. The second-order valence-corrected chi connectivity index (χ2v) is 17.9. The number of anilines is 2. The number of hydrogen-bond donors (Lipinski definition) is 10. The Balaban J connectivity index is 2.61. The number of rotatable bonds is 18. The van der Waals surface area contributed by atoms with Gasteiger partial charge >= 0.3 is 0 Å². The molecule has 18 nitrogen and oxygen atoms in total. The molecule has 2 atom stereocenters. The molecule has 0 aliphatic carbocycles. The van der Waals surface area contributed by atoms with Gasteiger partial charge in [-0.2, -0.15) is 0 Å². The molecule has 2 aromatic carbocycles. The second-order valence-electron chi connectivity index (χ2n) is 11.4. The van der Waals surface area contributed by atoms with Crippen LogP contribution < -0.4 is 21.3 Å². The maximum atomic E-state index is 13.5. The number of nitrogens with one attached hydrogen (secondary N) is 4. The molecule has 55 heavy (non-hydrogen) atoms. The van der Waals surface area contributed by atoms with E-state index in [1.54, 1.807) is 45.2 Å². The van der Waals surface area contributed by atoms with E-state index >= 15 is 0 Å². The summed E-state index contributed by atoms with van der Waals surface area (Å²) >= 11 is 10.9. The summed E-state index contributed by atoms with van der Waals surface area (Å²) in [7, 11) is 2.88. The van der Waals surface area contributed by atoms with E-state index < -0.39 is 67.3 Å². The summed E-state index contributed by atoms with van der Waals surface area (Å²) < 4.78 is 1.24. The van der Waals surface area contributed by atoms with E-state index in [0.717, 1.165) is 0 Å². The van der Waals surface area contributed by atoms with Gasteiger partial charge in [0.15, 0.2) is 0 Å². The Kier molecular flexibility index (Phi) is 21.9. The number of benzene rings is 2. The van der Waals surface area contributed by atoms with Gasteiger partial charge in [0.2, 0.25) is 11.8 Å². The second kappa shape index (κ2) is 23.9. The first-order valence-electron chi connectivity index (χ1n) is 15.7. The van der Waals surface area contributed by atoms with Crippen LogP contribution in [0.1, 0.15) is 47.9 Å². The minimum Gasteiger partial charge on any atom is -0.395 e. The Morgan fingerprint density at radius 3 is 1.15 bits per heavy atom. The summed E-state index contributed by atoms with van der Waals surface area (Å²) in [5, 5.41) is 67.0. The zero-order valence-electron chi connectivity index (χ0n) is 28.8. The number of aliphatic hydroxyl groups excluding tert-OH is 6. The Hall–Kier alpha value is -0.600. The first-order valence-corrected chi connectivity index (χ1v) is 22.1. The maximum absolute atomic E-state index is 13.5. The minimum absolute atomic E-state index is 0.0221. The number of aliphatic hydroxyl groups is 6. The van der Waals surface area contributed by atoms with Crippen molar-refractivity contribution in [1.29, 1.82) is 0 Å². The van der Waals surface area contributed by atoms with Crippen molar-refractivity contribution < 1.29 is 59.4 Å². The lowest BCUT2D eigenvalue weighted by Gasteiger charge is -2.23. The lowest BCUT2D eigenvalue weighted by molar-refractivity contribution is -0.123. The Bertz CT molecular complexity index is 1690. The van der Waals surface area contributed by atoms with Gasteiger partial charge in [-0.05, 0) is 136 Å². The van der Waals surface area contributed by atoms with E-state index in [-0.39, 0.29) is 94.4 Å². The first-order chi connectivity index (χ1) is 25.8. The summed E-state index contributed by atoms with van der Waals surface area (Å²) in [4.78, 5) is 83.2. The fraction of sp³-hybridized carbons (Fsp3) is 0.419. The van der Waals surface area contributed by atoms with Crippen LogP contribution in [0.4, 0.5) is 11.4 Å². The number of carbonyl (C=O) groups is 6. The van der Waals surface area contributed by atoms with E-state index in [9.17, 15) is 59.4 Å². The fourth-order valence-corrected chi connectivity index (χ4v) is 13.2. The monoisotopic (exact) mass is 1450 g/mol. The number of carbonyl (C=O) groups excluding carboxylic acids is 6. The fourth-order valence-electron chi connectivity index (χ4n) is 4.45. The Labute approximate surface area is 396 Å². The molecular weight excluding hydrogens is 1410 g/mol. The van der Waals surface area contributed by atoms with E-state index in [0.29, 0.717) is 0 Å². The SMILES string of the molecule is CN(CCO)C(=O)c1c(I)c(NC(=O)CC(=O)Nc2c(I)c(C(=O)NCC(O)CO)c(I)c(C(=O)N(C)CCO)c2I)c(I)c(C(=O)NCC(O)CO)c1I. The van der Waals surface area contributed by atoms with Crippen molar-refractivity contribution in [1.82, 2.24) is 20.4 Å². The summed E-state index contributed by atoms with van der Waals surface area (Å²) in [5.74, 6) is -4.36. The molecule has 0 spiro atoms. The van der Waals surface area contributed by atoms with Crippen LogP contribution in [-0.4, -0.2) is 155 Å². The molecule has 0 heterocycles. The highest BCUT2D eigenvalue weighted by molar-refractivity contribution is 14.1. The van der Waals surface area contributed by atoms with Crippen LogP contribution in [0.5, 0.6) is 0 Å². The average molecular weight is 1450 g/mol. The van der Waals surface area contributed by atoms with Crippen LogP contribution in [0.2, 0.25) is 0 Å². The molecular formula is C31H36I6N6O12. The highest BCUT2D eigenvalue weighted by Gasteiger charge is 2.32. The summed E-state index contributed by atoms with van der Waals surface area (Å²) in [6.07, 6.45) is -3.35. The topological polar surface area (TPSA) is 278 Å². The smallest absolute Gasteiger partial charge is 0.255 e. The minimum atomic E-state index is -1.27. The van der Waals surface area contributed by atoms with Gasteiger partial charge in [-0.3, -0.25) is 28.8 Å². The Morgan fingerprint density at radius 1 is 0.545 bits per heavy atom. The number of likely N-dealkylation sites (N-methyl/N-ethyl adjacent to an activating group) is 2. The molecule has 0 aliphatic heterocycles. The number of halogens is 6. The number of hydrogen-bond acceptors (Lipinski definition) is 12. The largest absolute Gasteiger partial charge is 0.395 e. The van der Waals surface area contributed by atoms with Crippen LogP contribution in [0.3, 0.4) is 0 Å². The van der Waals surface area contributed by atoms with Gasteiger partial charge in [-0.1, -0.05) is 0 Å². The normalized spacial score (nSPS) is 12.0. The van der Waals surface area contributed by atoms with Gasteiger partial charge in [-0.15, -0.1) is 0 Å². The molecule has 24 heteroatoms. The van der Waals surface area contributed by atoms with E-state index in [1.165, 1.54) is 23.9 Å². The predicted octanol–water partition coefficient (Wildman–Crippen LogP) is 0.576. The van der Waals surface area contributed by atoms with E-state index in [1.807, 2.05) is 90.4 Å². The van der Waals surface area contributed by atoms with Gasteiger partial charge in [-0.25, -0.2) is 0 Å². The molecule has 0 fully saturated rings. The van der Waals surface area contributed by atoms with Crippen LogP contribution in [0.15, 0.2) is 0 Å². The van der Waals surface area contributed by atoms with Crippen molar-refractivity contribution in [3.63, 3.8) is 0 Å². The van der Waals surface area contributed by atoms with Crippen LogP contribution in [0.25, 0.3) is 0 Å². The molecule has 304 valence electrons. The van der Waals surface area contributed by atoms with Crippen molar-refractivity contribution in [3.05, 3.63) is 43.7 Å². The molecule has 2 rings (SSSR count). The molecule has 0 saturated carbocycles. The van der Waals surface area contributed by atoms with Crippen LogP contribution in [0, 0.1) is 21.4 Å². The van der Waals surface area contributed by atoms with Crippen molar-refractivity contribution in [2.24, 2.45) is 0 Å². The van der Waals surface area contributed by atoms with Gasteiger partial charge in [0.1, 0.15) is 6.42 Å². The summed E-state index contributed by atoms with van der Waals surface area (Å²) in [6, 6.07) is 0. The van der Waals surface area contributed by atoms with E-state index in [2.05, 4.69) is 21.3 Å². The lowest BCUT2D eigenvalue weighted by atomic mass is 10.1. The highest BCUT2D eigenvalue weighted by atomic mass is 127. The third kappa shape index (κ3) is 13.2. The quantitative estimate of drug-likeness (QED) is 0.0726. The average Bonchev–Trinajstić information content (AvgIpc) is 3.12. The molecule has 10 N–H and O–H groups in total. The van der Waals surface area contributed by atoms with Gasteiger partial charge < -0.3 is 61.7 Å². The highest BCUT2D eigenvalue weighted by Crippen LogP contribution is 2.38. The number of amides is 6. The molecule has 2 aromatic rings. The van der Waals surface area contributed by atoms with Crippen LogP contribution in [-0.2, 0) is 9.59 Å². The summed E-state index contributed by atoms with van der Waals surface area (Å²) in [6.45, 7) is -2.67.